The van der Waals surface area contributed by atoms with Crippen molar-refractivity contribution in [3.05, 3.63) is 69.2 Å². The number of rotatable bonds is 6. The van der Waals surface area contributed by atoms with E-state index in [0.29, 0.717) is 15.1 Å². The molecule has 3 rings (SSSR count). The van der Waals surface area contributed by atoms with Gasteiger partial charge in [-0.1, -0.05) is 48.0 Å². The minimum absolute atomic E-state index is 0.0936. The van der Waals surface area contributed by atoms with E-state index in [4.69, 9.17) is 16.3 Å². The molecule has 1 fully saturated rings. The standard InChI is InChI=1S/C19H17BrClNO4/c20-15-9-6-13(10-16(15)21)17(18(23)24)22(14-7-8-14)19(25)26-11-12-4-2-1-3-5-12/h1-6,9-10,14,17H,7-8,11H2,(H,23,24). The maximum absolute atomic E-state index is 12.7. The van der Waals surface area contributed by atoms with Crippen LogP contribution in [0.4, 0.5) is 4.79 Å². The first-order chi connectivity index (χ1) is 12.5. The number of carboxylic acid groups (broad SMARTS) is 1. The Hall–Kier alpha value is -2.05. The molecular formula is C19H17BrClNO4. The van der Waals surface area contributed by atoms with Gasteiger partial charge in [-0.05, 0) is 52.0 Å². The van der Waals surface area contributed by atoms with Gasteiger partial charge in [-0.15, -0.1) is 0 Å². The third-order valence-corrected chi connectivity index (χ3v) is 5.36. The highest BCUT2D eigenvalue weighted by Gasteiger charge is 2.42. The van der Waals surface area contributed by atoms with E-state index in [1.54, 1.807) is 18.2 Å². The summed E-state index contributed by atoms with van der Waals surface area (Å²) in [6, 6.07) is 12.9. The molecule has 7 heteroatoms. The molecule has 1 aliphatic carbocycles. The number of nitrogens with zero attached hydrogens (tertiary/aromatic N) is 1. The largest absolute Gasteiger partial charge is 0.479 e. The molecule has 0 bridgehead atoms. The molecule has 26 heavy (non-hydrogen) atoms. The summed E-state index contributed by atoms with van der Waals surface area (Å²) in [5.41, 5.74) is 1.28. The van der Waals surface area contributed by atoms with Crippen molar-refractivity contribution in [1.29, 1.82) is 0 Å². The fourth-order valence-corrected chi connectivity index (χ4v) is 3.15. The Bertz CT molecular complexity index is 810. The number of carbonyl (C=O) groups is 2. The van der Waals surface area contributed by atoms with Gasteiger partial charge in [0.15, 0.2) is 6.04 Å². The number of carboxylic acids is 1. The van der Waals surface area contributed by atoms with Gasteiger partial charge in [0.25, 0.3) is 0 Å². The van der Waals surface area contributed by atoms with Crippen molar-refractivity contribution in [3.8, 4) is 0 Å². The topological polar surface area (TPSA) is 66.8 Å². The molecule has 1 unspecified atom stereocenters. The molecule has 0 spiro atoms. The van der Waals surface area contributed by atoms with Crippen molar-refractivity contribution in [3.63, 3.8) is 0 Å². The van der Waals surface area contributed by atoms with Crippen LogP contribution in [0.1, 0.15) is 30.0 Å². The van der Waals surface area contributed by atoms with Gasteiger partial charge >= 0.3 is 12.1 Å². The summed E-state index contributed by atoms with van der Waals surface area (Å²) in [5.74, 6) is -1.12. The Morgan fingerprint density at radius 2 is 1.92 bits per heavy atom. The fourth-order valence-electron chi connectivity index (χ4n) is 2.72. The van der Waals surface area contributed by atoms with Crippen molar-refractivity contribution in [2.75, 3.05) is 0 Å². The number of ether oxygens (including phenoxy) is 1. The summed E-state index contributed by atoms with van der Waals surface area (Å²) in [5, 5.41) is 10.2. The van der Waals surface area contributed by atoms with Gasteiger partial charge in [-0.2, -0.15) is 0 Å². The van der Waals surface area contributed by atoms with Gasteiger partial charge in [0.1, 0.15) is 6.61 Å². The van der Waals surface area contributed by atoms with E-state index in [9.17, 15) is 14.7 Å². The first-order valence-corrected chi connectivity index (χ1v) is 9.31. The second kappa shape index (κ2) is 8.10. The number of halogens is 2. The van der Waals surface area contributed by atoms with Crippen LogP contribution in [-0.2, 0) is 16.1 Å². The third-order valence-electron chi connectivity index (χ3n) is 4.13. The van der Waals surface area contributed by atoms with Crippen molar-refractivity contribution in [2.24, 2.45) is 0 Å². The second-order valence-electron chi connectivity index (χ2n) is 6.09. The number of hydrogen-bond acceptors (Lipinski definition) is 3. The summed E-state index contributed by atoms with van der Waals surface area (Å²) in [6.45, 7) is 0.0936. The molecule has 1 N–H and O–H groups in total. The van der Waals surface area contributed by atoms with Crippen LogP contribution >= 0.6 is 27.5 Å². The zero-order valence-electron chi connectivity index (χ0n) is 13.8. The summed E-state index contributed by atoms with van der Waals surface area (Å²) >= 11 is 9.40. The highest BCUT2D eigenvalue weighted by molar-refractivity contribution is 9.10. The van der Waals surface area contributed by atoms with Crippen LogP contribution < -0.4 is 0 Å². The van der Waals surface area contributed by atoms with E-state index >= 15 is 0 Å². The van der Waals surface area contributed by atoms with Crippen molar-refractivity contribution in [1.82, 2.24) is 4.90 Å². The lowest BCUT2D eigenvalue weighted by atomic mass is 10.1. The first-order valence-electron chi connectivity index (χ1n) is 8.14. The van der Waals surface area contributed by atoms with Gasteiger partial charge < -0.3 is 9.84 Å². The fraction of sp³-hybridized carbons (Fsp3) is 0.263. The van der Waals surface area contributed by atoms with Gasteiger partial charge in [0.05, 0.1) is 5.02 Å². The molecule has 5 nitrogen and oxygen atoms in total. The van der Waals surface area contributed by atoms with Crippen LogP contribution in [0.15, 0.2) is 53.0 Å². The zero-order chi connectivity index (χ0) is 18.7. The third kappa shape index (κ3) is 4.37. The number of hydrogen-bond donors (Lipinski definition) is 1. The van der Waals surface area contributed by atoms with Gasteiger partial charge in [-0.3, -0.25) is 4.90 Å². The molecular weight excluding hydrogens is 422 g/mol. The van der Waals surface area contributed by atoms with Crippen molar-refractivity contribution < 1.29 is 19.4 Å². The minimum atomic E-state index is -1.14. The lowest BCUT2D eigenvalue weighted by Crippen LogP contribution is -2.41. The molecule has 1 saturated carbocycles. The molecule has 0 aliphatic heterocycles. The number of benzene rings is 2. The predicted molar refractivity (Wildman–Crippen MR) is 101 cm³/mol. The lowest BCUT2D eigenvalue weighted by molar-refractivity contribution is -0.143. The van der Waals surface area contributed by atoms with Crippen LogP contribution in [0.3, 0.4) is 0 Å². The van der Waals surface area contributed by atoms with Gasteiger partial charge in [-0.25, -0.2) is 9.59 Å². The Morgan fingerprint density at radius 3 is 2.50 bits per heavy atom. The second-order valence-corrected chi connectivity index (χ2v) is 7.35. The monoisotopic (exact) mass is 437 g/mol. The molecule has 0 saturated heterocycles. The molecule has 0 aromatic heterocycles. The quantitative estimate of drug-likeness (QED) is 0.687. The van der Waals surface area contributed by atoms with E-state index < -0.39 is 18.1 Å². The maximum atomic E-state index is 12.7. The van der Waals surface area contributed by atoms with Crippen LogP contribution in [0.5, 0.6) is 0 Å². The van der Waals surface area contributed by atoms with Gasteiger partial charge in [0.2, 0.25) is 0 Å². The minimum Gasteiger partial charge on any atom is -0.479 e. The van der Waals surface area contributed by atoms with Crippen LogP contribution in [-0.4, -0.2) is 28.1 Å². The Labute approximate surface area is 164 Å². The summed E-state index contributed by atoms with van der Waals surface area (Å²) in [4.78, 5) is 25.9. The summed E-state index contributed by atoms with van der Waals surface area (Å²) in [7, 11) is 0. The highest BCUT2D eigenvalue weighted by Crippen LogP contribution is 2.37. The molecule has 1 amide bonds. The molecule has 2 aromatic carbocycles. The number of carbonyl (C=O) groups excluding carboxylic acids is 1. The van der Waals surface area contributed by atoms with Crippen molar-refractivity contribution >= 4 is 39.6 Å². The van der Waals surface area contributed by atoms with Crippen LogP contribution in [0.2, 0.25) is 5.02 Å². The SMILES string of the molecule is O=C(O)C(c1ccc(Br)c(Cl)c1)N(C(=O)OCc1ccccc1)C1CC1. The Balaban J connectivity index is 1.82. The summed E-state index contributed by atoms with van der Waals surface area (Å²) in [6.07, 6.45) is 0.881. The number of aliphatic carboxylic acids is 1. The van der Waals surface area contributed by atoms with E-state index in [1.807, 2.05) is 30.3 Å². The number of amides is 1. The van der Waals surface area contributed by atoms with Crippen LogP contribution in [0, 0.1) is 0 Å². The highest BCUT2D eigenvalue weighted by atomic mass is 79.9. The molecule has 0 heterocycles. The zero-order valence-corrected chi connectivity index (χ0v) is 16.1. The molecule has 2 aromatic rings. The van der Waals surface area contributed by atoms with E-state index in [2.05, 4.69) is 15.9 Å². The summed E-state index contributed by atoms with van der Waals surface area (Å²) < 4.78 is 6.04. The van der Waals surface area contributed by atoms with Gasteiger partial charge in [0, 0.05) is 10.5 Å². The molecule has 1 atom stereocenters. The Kier molecular flexibility index (Phi) is 5.84. The molecule has 1 aliphatic rings. The normalized spacial score (nSPS) is 14.5. The van der Waals surface area contributed by atoms with E-state index in [-0.39, 0.29) is 12.6 Å². The van der Waals surface area contributed by atoms with E-state index in [0.717, 1.165) is 18.4 Å². The average Bonchev–Trinajstić information content (AvgIpc) is 3.45. The maximum Gasteiger partial charge on any atom is 0.411 e. The lowest BCUT2D eigenvalue weighted by Gasteiger charge is -2.28. The molecule has 136 valence electrons. The smallest absolute Gasteiger partial charge is 0.411 e. The molecule has 0 radical (unpaired) electrons. The Morgan fingerprint density at radius 1 is 1.23 bits per heavy atom. The van der Waals surface area contributed by atoms with Crippen molar-refractivity contribution in [2.45, 2.75) is 31.5 Å². The van der Waals surface area contributed by atoms with Crippen LogP contribution in [0.25, 0.3) is 0 Å². The first kappa shape index (κ1) is 18.7. The van der Waals surface area contributed by atoms with E-state index in [1.165, 1.54) is 4.90 Å². The predicted octanol–water partition coefficient (Wildman–Crippen LogP) is 5.03. The average molecular weight is 439 g/mol.